The Hall–Kier alpha value is -1.62. The second-order valence-corrected chi connectivity index (χ2v) is 4.60. The first-order valence-electron chi connectivity index (χ1n) is 5.99. The highest BCUT2D eigenvalue weighted by atomic mass is 19.1. The fourth-order valence-corrected chi connectivity index (χ4v) is 1.85. The summed E-state index contributed by atoms with van der Waals surface area (Å²) in [6.45, 7) is 0. The van der Waals surface area contributed by atoms with Gasteiger partial charge in [-0.15, -0.1) is 0 Å². The van der Waals surface area contributed by atoms with Crippen LogP contribution in [0.3, 0.4) is 0 Å². The van der Waals surface area contributed by atoms with Gasteiger partial charge in [-0.05, 0) is 30.9 Å². The number of ether oxygens (including phenoxy) is 1. The van der Waals surface area contributed by atoms with Crippen molar-refractivity contribution in [3.63, 3.8) is 0 Å². The first-order chi connectivity index (χ1) is 8.60. The number of anilines is 1. The Bertz CT molecular complexity index is 447. The average Bonchev–Trinajstić information content (AvgIpc) is 3.15. The fraction of sp³-hybridized carbons (Fsp3) is 0.462. The molecule has 2 rings (SSSR count). The average molecular weight is 252 g/mol. The van der Waals surface area contributed by atoms with Crippen LogP contribution in [-0.2, 0) is 4.79 Å². The van der Waals surface area contributed by atoms with Crippen LogP contribution < -0.4 is 15.8 Å². The first kappa shape index (κ1) is 12.8. The summed E-state index contributed by atoms with van der Waals surface area (Å²) in [6, 6.07) is 4.14. The summed E-state index contributed by atoms with van der Waals surface area (Å²) in [5, 5.41) is 2.69. The number of nitrogens with two attached hydrogens (primary N) is 1. The van der Waals surface area contributed by atoms with Gasteiger partial charge in [0, 0.05) is 24.2 Å². The van der Waals surface area contributed by atoms with Crippen LogP contribution in [0, 0.1) is 11.7 Å². The molecule has 1 atom stereocenters. The van der Waals surface area contributed by atoms with Gasteiger partial charge in [-0.2, -0.15) is 0 Å². The lowest BCUT2D eigenvalue weighted by Gasteiger charge is -2.11. The summed E-state index contributed by atoms with van der Waals surface area (Å²) in [6.07, 6.45) is 2.52. The van der Waals surface area contributed by atoms with E-state index in [9.17, 15) is 9.18 Å². The van der Waals surface area contributed by atoms with Gasteiger partial charge in [0.05, 0.1) is 7.11 Å². The van der Waals surface area contributed by atoms with Crippen molar-refractivity contribution in [2.24, 2.45) is 11.7 Å². The van der Waals surface area contributed by atoms with E-state index >= 15 is 0 Å². The highest BCUT2D eigenvalue weighted by Crippen LogP contribution is 2.33. The van der Waals surface area contributed by atoms with Gasteiger partial charge in [-0.3, -0.25) is 4.79 Å². The molecule has 1 amide bonds. The van der Waals surface area contributed by atoms with E-state index in [-0.39, 0.29) is 17.7 Å². The topological polar surface area (TPSA) is 64.3 Å². The van der Waals surface area contributed by atoms with E-state index in [4.69, 9.17) is 10.5 Å². The normalized spacial score (nSPS) is 16.2. The molecular weight excluding hydrogens is 235 g/mol. The molecule has 4 nitrogen and oxygen atoms in total. The molecule has 1 aliphatic rings. The number of carbonyl (C=O) groups is 1. The minimum Gasteiger partial charge on any atom is -0.494 e. The van der Waals surface area contributed by atoms with Crippen LogP contribution in [0.4, 0.5) is 10.1 Å². The summed E-state index contributed by atoms with van der Waals surface area (Å²) in [5.41, 5.74) is 6.38. The molecular formula is C13H17FN2O2. The van der Waals surface area contributed by atoms with Crippen molar-refractivity contribution in [1.29, 1.82) is 0 Å². The minimum absolute atomic E-state index is 0.0765. The van der Waals surface area contributed by atoms with Crippen LogP contribution in [0.2, 0.25) is 0 Å². The lowest BCUT2D eigenvalue weighted by atomic mass is 10.1. The Balaban J connectivity index is 1.93. The number of amides is 1. The minimum atomic E-state index is -0.454. The van der Waals surface area contributed by atoms with Gasteiger partial charge in [0.1, 0.15) is 0 Å². The number of rotatable bonds is 5. The second kappa shape index (κ2) is 5.35. The van der Waals surface area contributed by atoms with Crippen LogP contribution >= 0.6 is 0 Å². The van der Waals surface area contributed by atoms with Crippen LogP contribution in [0.5, 0.6) is 5.75 Å². The maximum atomic E-state index is 13.2. The molecule has 0 aliphatic heterocycles. The third-order valence-corrected chi connectivity index (χ3v) is 3.08. The molecule has 3 N–H and O–H groups in total. The molecule has 1 aromatic rings. The molecule has 1 aromatic carbocycles. The molecule has 0 bridgehead atoms. The van der Waals surface area contributed by atoms with Gasteiger partial charge in [-0.25, -0.2) is 4.39 Å². The van der Waals surface area contributed by atoms with Crippen molar-refractivity contribution < 1.29 is 13.9 Å². The predicted octanol–water partition coefficient (Wildman–Crippen LogP) is 1.90. The SMILES string of the molecule is COc1cc(NC(=O)CC(N)C2CC2)ccc1F. The largest absolute Gasteiger partial charge is 0.494 e. The van der Waals surface area contributed by atoms with Crippen LogP contribution in [-0.4, -0.2) is 19.1 Å². The molecule has 5 heteroatoms. The van der Waals surface area contributed by atoms with Crippen LogP contribution in [0.1, 0.15) is 19.3 Å². The molecule has 1 saturated carbocycles. The highest BCUT2D eigenvalue weighted by Gasteiger charge is 2.29. The number of hydrogen-bond acceptors (Lipinski definition) is 3. The number of methoxy groups -OCH3 is 1. The van der Waals surface area contributed by atoms with Crippen molar-refractivity contribution >= 4 is 11.6 Å². The van der Waals surface area contributed by atoms with Gasteiger partial charge in [0.25, 0.3) is 0 Å². The van der Waals surface area contributed by atoms with E-state index in [1.807, 2.05) is 0 Å². The van der Waals surface area contributed by atoms with E-state index in [2.05, 4.69) is 5.32 Å². The molecule has 0 saturated heterocycles. The van der Waals surface area contributed by atoms with E-state index in [1.165, 1.54) is 25.3 Å². The Kier molecular flexibility index (Phi) is 3.81. The van der Waals surface area contributed by atoms with Gasteiger partial charge in [0.15, 0.2) is 11.6 Å². The zero-order chi connectivity index (χ0) is 13.1. The van der Waals surface area contributed by atoms with E-state index in [0.717, 1.165) is 12.8 Å². The van der Waals surface area contributed by atoms with Crippen molar-refractivity contribution in [2.45, 2.75) is 25.3 Å². The lowest BCUT2D eigenvalue weighted by Crippen LogP contribution is -2.28. The first-order valence-corrected chi connectivity index (χ1v) is 5.99. The molecule has 0 radical (unpaired) electrons. The number of benzene rings is 1. The monoisotopic (exact) mass is 252 g/mol. The molecule has 0 spiro atoms. The summed E-state index contributed by atoms with van der Waals surface area (Å²) in [7, 11) is 1.38. The third kappa shape index (κ3) is 3.20. The Morgan fingerprint density at radius 1 is 1.61 bits per heavy atom. The number of carbonyl (C=O) groups excluding carboxylic acids is 1. The zero-order valence-electron chi connectivity index (χ0n) is 10.3. The van der Waals surface area contributed by atoms with Gasteiger partial charge in [-0.1, -0.05) is 0 Å². The Morgan fingerprint density at radius 3 is 2.94 bits per heavy atom. The highest BCUT2D eigenvalue weighted by molar-refractivity contribution is 5.91. The van der Waals surface area contributed by atoms with Crippen LogP contribution in [0.25, 0.3) is 0 Å². The van der Waals surface area contributed by atoms with E-state index < -0.39 is 5.82 Å². The molecule has 0 aromatic heterocycles. The maximum Gasteiger partial charge on any atom is 0.225 e. The molecule has 98 valence electrons. The van der Waals surface area contributed by atoms with Crippen molar-refractivity contribution in [2.75, 3.05) is 12.4 Å². The molecule has 1 unspecified atom stereocenters. The second-order valence-electron chi connectivity index (χ2n) is 4.60. The maximum absolute atomic E-state index is 13.2. The van der Waals surface area contributed by atoms with Crippen molar-refractivity contribution in [3.8, 4) is 5.75 Å². The van der Waals surface area contributed by atoms with Crippen LogP contribution in [0.15, 0.2) is 18.2 Å². The van der Waals surface area contributed by atoms with E-state index in [0.29, 0.717) is 18.0 Å². The molecule has 0 heterocycles. The van der Waals surface area contributed by atoms with E-state index in [1.54, 1.807) is 0 Å². The fourth-order valence-electron chi connectivity index (χ4n) is 1.85. The molecule has 1 fully saturated rings. The summed E-state index contributed by atoms with van der Waals surface area (Å²) in [5.74, 6) is -0.00830. The third-order valence-electron chi connectivity index (χ3n) is 3.08. The molecule has 1 aliphatic carbocycles. The zero-order valence-corrected chi connectivity index (χ0v) is 10.3. The van der Waals surface area contributed by atoms with Crippen molar-refractivity contribution in [3.05, 3.63) is 24.0 Å². The summed E-state index contributed by atoms with van der Waals surface area (Å²) < 4.78 is 18.0. The number of hydrogen-bond donors (Lipinski definition) is 2. The van der Waals surface area contributed by atoms with Crippen molar-refractivity contribution in [1.82, 2.24) is 0 Å². The predicted molar refractivity (Wildman–Crippen MR) is 66.9 cm³/mol. The van der Waals surface area contributed by atoms with Gasteiger partial charge < -0.3 is 15.8 Å². The Labute approximate surface area is 105 Å². The number of halogens is 1. The number of nitrogens with one attached hydrogen (secondary N) is 1. The standard InChI is InChI=1S/C13H17FN2O2/c1-18-12-6-9(4-5-10(12)14)16-13(17)7-11(15)8-2-3-8/h4-6,8,11H,2-3,7,15H2,1H3,(H,16,17). The quantitative estimate of drug-likeness (QED) is 0.841. The smallest absolute Gasteiger partial charge is 0.225 e. The summed E-state index contributed by atoms with van der Waals surface area (Å²) >= 11 is 0. The van der Waals surface area contributed by atoms with Gasteiger partial charge in [0.2, 0.25) is 5.91 Å². The lowest BCUT2D eigenvalue weighted by molar-refractivity contribution is -0.116. The van der Waals surface area contributed by atoms with Gasteiger partial charge >= 0.3 is 0 Å². The summed E-state index contributed by atoms with van der Waals surface area (Å²) in [4.78, 5) is 11.7. The molecule has 18 heavy (non-hydrogen) atoms. The Morgan fingerprint density at radius 2 is 2.33 bits per heavy atom.